The van der Waals surface area contributed by atoms with Gasteiger partial charge < -0.3 is 10.5 Å². The molecular weight excluding hydrogens is 270 g/mol. The van der Waals surface area contributed by atoms with Gasteiger partial charge in [0.1, 0.15) is 12.1 Å². The Bertz CT molecular complexity index is 865. The highest BCUT2D eigenvalue weighted by atomic mass is 16.5. The van der Waals surface area contributed by atoms with E-state index in [0.717, 1.165) is 5.56 Å². The number of aromatic amines is 1. The maximum absolute atomic E-state index is 11.4. The van der Waals surface area contributed by atoms with Crippen molar-refractivity contribution in [3.05, 3.63) is 59.3 Å². The number of ether oxygens (including phenoxy) is 1. The zero-order valence-corrected chi connectivity index (χ0v) is 11.1. The van der Waals surface area contributed by atoms with Crippen molar-refractivity contribution in [1.82, 2.24) is 19.6 Å². The van der Waals surface area contributed by atoms with E-state index in [2.05, 4.69) is 21.8 Å². The minimum Gasteiger partial charge on any atom is -0.439 e. The van der Waals surface area contributed by atoms with Gasteiger partial charge in [-0.25, -0.2) is 19.3 Å². The Morgan fingerprint density at radius 2 is 2.29 bits per heavy atom. The van der Waals surface area contributed by atoms with Crippen LogP contribution in [0.15, 0.2) is 48.0 Å². The van der Waals surface area contributed by atoms with Gasteiger partial charge in [0.15, 0.2) is 5.65 Å². The number of anilines is 1. The molecular formula is C14H13N5O2. The van der Waals surface area contributed by atoms with Crippen LogP contribution in [-0.2, 0) is 6.42 Å². The van der Waals surface area contributed by atoms with Crippen LogP contribution in [0.1, 0.15) is 5.56 Å². The minimum atomic E-state index is -0.344. The summed E-state index contributed by atoms with van der Waals surface area (Å²) < 4.78 is 7.04. The first kappa shape index (κ1) is 12.9. The summed E-state index contributed by atoms with van der Waals surface area (Å²) in [5.74, 6) is 0.982. The fraction of sp³-hybridized carbons (Fsp3) is 0.0714. The molecule has 3 N–H and O–H groups in total. The number of H-pyrrole nitrogens is 1. The van der Waals surface area contributed by atoms with Gasteiger partial charge in [-0.15, -0.1) is 6.58 Å². The van der Waals surface area contributed by atoms with Crippen molar-refractivity contribution in [1.29, 1.82) is 0 Å². The van der Waals surface area contributed by atoms with Crippen LogP contribution in [0, 0.1) is 0 Å². The second-order valence-electron chi connectivity index (χ2n) is 4.45. The smallest absolute Gasteiger partial charge is 0.348 e. The van der Waals surface area contributed by atoms with E-state index in [4.69, 9.17) is 10.5 Å². The van der Waals surface area contributed by atoms with Crippen molar-refractivity contribution < 1.29 is 4.74 Å². The number of hydrogen-bond donors (Lipinski definition) is 2. The maximum atomic E-state index is 11.4. The summed E-state index contributed by atoms with van der Waals surface area (Å²) in [6.45, 7) is 3.71. The summed E-state index contributed by atoms with van der Waals surface area (Å²) in [4.78, 5) is 15.4. The van der Waals surface area contributed by atoms with Crippen molar-refractivity contribution in [2.75, 3.05) is 5.73 Å². The molecule has 0 spiro atoms. The molecule has 0 atom stereocenters. The second kappa shape index (κ2) is 5.12. The summed E-state index contributed by atoms with van der Waals surface area (Å²) in [5, 5.41) is 6.20. The highest BCUT2D eigenvalue weighted by Gasteiger charge is 2.08. The Morgan fingerprint density at radius 1 is 1.43 bits per heavy atom. The number of fused-ring (bicyclic) bond motifs is 1. The van der Waals surface area contributed by atoms with Crippen LogP contribution in [0.5, 0.6) is 11.6 Å². The average Bonchev–Trinajstić information content (AvgIpc) is 2.83. The highest BCUT2D eigenvalue weighted by Crippen LogP contribution is 2.26. The molecule has 106 valence electrons. The third-order valence-electron chi connectivity index (χ3n) is 2.95. The monoisotopic (exact) mass is 283 g/mol. The molecule has 7 heteroatoms. The van der Waals surface area contributed by atoms with Crippen LogP contribution in [-0.4, -0.2) is 19.6 Å². The number of benzene rings is 1. The molecule has 3 aromatic rings. The molecule has 3 rings (SSSR count). The molecule has 1 aromatic carbocycles. The molecule has 0 aliphatic carbocycles. The van der Waals surface area contributed by atoms with E-state index in [1.54, 1.807) is 24.3 Å². The molecule has 0 unspecified atom stereocenters. The van der Waals surface area contributed by atoms with Crippen LogP contribution in [0.25, 0.3) is 5.65 Å². The van der Waals surface area contributed by atoms with Crippen LogP contribution in [0.3, 0.4) is 0 Å². The van der Waals surface area contributed by atoms with Gasteiger partial charge in [-0.05, 0) is 24.6 Å². The normalized spacial score (nSPS) is 10.7. The van der Waals surface area contributed by atoms with Gasteiger partial charge in [0.05, 0.1) is 0 Å². The Hall–Kier alpha value is -3.09. The third-order valence-corrected chi connectivity index (χ3v) is 2.95. The maximum Gasteiger partial charge on any atom is 0.348 e. The van der Waals surface area contributed by atoms with Gasteiger partial charge in [-0.3, -0.25) is 0 Å². The van der Waals surface area contributed by atoms with Crippen molar-refractivity contribution in [2.45, 2.75) is 6.42 Å². The predicted octanol–water partition coefficient (Wildman–Crippen LogP) is 1.52. The molecule has 0 aliphatic heterocycles. The lowest BCUT2D eigenvalue weighted by Crippen LogP contribution is -2.09. The molecule has 0 radical (unpaired) electrons. The summed E-state index contributed by atoms with van der Waals surface area (Å²) in [6, 6.07) is 6.93. The van der Waals surface area contributed by atoms with Gasteiger partial charge in [0.2, 0.25) is 5.88 Å². The van der Waals surface area contributed by atoms with Crippen LogP contribution >= 0.6 is 0 Å². The number of nitrogens with zero attached hydrogens (tertiary/aromatic N) is 3. The summed E-state index contributed by atoms with van der Waals surface area (Å²) >= 11 is 0. The fourth-order valence-electron chi connectivity index (χ4n) is 1.98. The fourth-order valence-corrected chi connectivity index (χ4v) is 1.98. The average molecular weight is 283 g/mol. The van der Waals surface area contributed by atoms with Gasteiger partial charge in [-0.1, -0.05) is 6.08 Å². The predicted molar refractivity (Wildman–Crippen MR) is 78.4 cm³/mol. The van der Waals surface area contributed by atoms with Crippen molar-refractivity contribution in [2.24, 2.45) is 0 Å². The molecule has 0 aliphatic rings. The number of hydrogen-bond acceptors (Lipinski definition) is 5. The second-order valence-corrected chi connectivity index (χ2v) is 4.45. The van der Waals surface area contributed by atoms with Crippen LogP contribution in [0.2, 0.25) is 0 Å². The van der Waals surface area contributed by atoms with E-state index >= 15 is 0 Å². The Morgan fingerprint density at radius 3 is 3.10 bits per heavy atom. The van der Waals surface area contributed by atoms with Crippen LogP contribution in [0.4, 0.5) is 5.69 Å². The largest absolute Gasteiger partial charge is 0.439 e. The molecule has 7 nitrogen and oxygen atoms in total. The summed E-state index contributed by atoms with van der Waals surface area (Å²) in [6.07, 6.45) is 3.76. The lowest BCUT2D eigenvalue weighted by molar-refractivity contribution is 0.457. The lowest BCUT2D eigenvalue weighted by atomic mass is 10.1. The Balaban J connectivity index is 1.97. The van der Waals surface area contributed by atoms with E-state index in [1.165, 1.54) is 10.7 Å². The first-order valence-electron chi connectivity index (χ1n) is 6.27. The molecule has 2 heterocycles. The summed E-state index contributed by atoms with van der Waals surface area (Å²) in [7, 11) is 0. The van der Waals surface area contributed by atoms with E-state index in [-0.39, 0.29) is 5.69 Å². The SMILES string of the molecule is C=CCc1cc(N)ccc1Oc1cc2n[nH]c(=O)n2cn1. The number of nitrogens with two attached hydrogens (primary N) is 1. The van der Waals surface area contributed by atoms with E-state index < -0.39 is 0 Å². The standard InChI is InChI=1S/C14H13N5O2/c1-2-3-9-6-10(15)4-5-11(9)21-13-7-12-17-18-14(20)19(12)8-16-13/h2,4-8H,1,3,15H2,(H,18,20). The molecule has 2 aromatic heterocycles. The zero-order valence-electron chi connectivity index (χ0n) is 11.1. The minimum absolute atomic E-state index is 0.344. The first-order chi connectivity index (χ1) is 10.2. The van der Waals surface area contributed by atoms with Crippen molar-refractivity contribution >= 4 is 11.3 Å². The molecule has 0 saturated heterocycles. The Labute approximate surface area is 119 Å². The van der Waals surface area contributed by atoms with Gasteiger partial charge in [0, 0.05) is 17.3 Å². The number of nitrogens with one attached hydrogen (secondary N) is 1. The molecule has 0 saturated carbocycles. The van der Waals surface area contributed by atoms with Crippen molar-refractivity contribution in [3.8, 4) is 11.6 Å². The van der Waals surface area contributed by atoms with E-state index in [0.29, 0.717) is 29.4 Å². The Kier molecular flexibility index (Phi) is 3.15. The highest BCUT2D eigenvalue weighted by molar-refractivity contribution is 5.50. The molecule has 0 bridgehead atoms. The molecule has 0 fully saturated rings. The van der Waals surface area contributed by atoms with Gasteiger partial charge >= 0.3 is 5.69 Å². The first-order valence-corrected chi connectivity index (χ1v) is 6.27. The third kappa shape index (κ3) is 2.48. The number of rotatable bonds is 4. The lowest BCUT2D eigenvalue weighted by Gasteiger charge is -2.10. The zero-order chi connectivity index (χ0) is 14.8. The van der Waals surface area contributed by atoms with Crippen LogP contribution < -0.4 is 16.2 Å². The number of nitrogen functional groups attached to an aromatic ring is 1. The van der Waals surface area contributed by atoms with Crippen molar-refractivity contribution in [3.63, 3.8) is 0 Å². The van der Waals surface area contributed by atoms with Gasteiger partial charge in [0.25, 0.3) is 0 Å². The topological polar surface area (TPSA) is 98.3 Å². The summed E-state index contributed by atoms with van der Waals surface area (Å²) in [5.41, 5.74) is 7.43. The number of aromatic nitrogens is 4. The van der Waals surface area contributed by atoms with E-state index in [9.17, 15) is 4.79 Å². The van der Waals surface area contributed by atoms with E-state index in [1.807, 2.05) is 6.07 Å². The molecule has 0 amide bonds. The molecule has 21 heavy (non-hydrogen) atoms. The van der Waals surface area contributed by atoms with Gasteiger partial charge in [-0.2, -0.15) is 5.10 Å². The number of allylic oxidation sites excluding steroid dienone is 1. The quantitative estimate of drug-likeness (QED) is 0.558.